The first-order chi connectivity index (χ1) is 17.2. The predicted octanol–water partition coefficient (Wildman–Crippen LogP) is 4.38. The lowest BCUT2D eigenvalue weighted by Crippen LogP contribution is -2.59. The second-order valence-corrected chi connectivity index (χ2v) is 12.9. The topological polar surface area (TPSA) is 119 Å². The van der Waals surface area contributed by atoms with Crippen LogP contribution in [0.5, 0.6) is 5.88 Å². The summed E-state index contributed by atoms with van der Waals surface area (Å²) in [4.78, 5) is 27.1. The van der Waals surface area contributed by atoms with Crippen molar-refractivity contribution in [3.8, 4) is 5.88 Å². The van der Waals surface area contributed by atoms with Gasteiger partial charge in [-0.25, -0.2) is 0 Å². The summed E-state index contributed by atoms with van der Waals surface area (Å²) in [6.07, 6.45) is 8.41. The molecule has 8 nitrogen and oxygen atoms in total. The highest BCUT2D eigenvalue weighted by atomic mass is 32.2. The summed E-state index contributed by atoms with van der Waals surface area (Å²) >= 11 is 1.54. The molecule has 4 bridgehead atoms. The highest BCUT2D eigenvalue weighted by Gasteiger charge is 2.52. The van der Waals surface area contributed by atoms with Crippen LogP contribution in [0.2, 0.25) is 0 Å². The number of rotatable bonds is 13. The van der Waals surface area contributed by atoms with E-state index in [1.165, 1.54) is 31.0 Å². The van der Waals surface area contributed by atoms with Gasteiger partial charge in [0.05, 0.1) is 5.41 Å². The van der Waals surface area contributed by atoms with Crippen molar-refractivity contribution < 1.29 is 18.8 Å². The van der Waals surface area contributed by atoms with Crippen LogP contribution < -0.4 is 21.1 Å². The molecule has 4 saturated carbocycles. The number of amides is 2. The summed E-state index contributed by atoms with van der Waals surface area (Å²) in [6, 6.07) is 0. The minimum absolute atomic E-state index is 0.0717. The van der Waals surface area contributed by atoms with Crippen molar-refractivity contribution in [1.82, 2.24) is 15.8 Å². The van der Waals surface area contributed by atoms with Gasteiger partial charge >= 0.3 is 0 Å². The second kappa shape index (κ2) is 11.3. The molecule has 9 heteroatoms. The summed E-state index contributed by atoms with van der Waals surface area (Å²) in [5.74, 6) is 3.71. The lowest BCUT2D eigenvalue weighted by Gasteiger charge is -2.56. The smallest absolute Gasteiger partial charge is 0.291 e. The quantitative estimate of drug-likeness (QED) is 0.330. The second-order valence-electron chi connectivity index (χ2n) is 11.8. The van der Waals surface area contributed by atoms with E-state index in [1.807, 2.05) is 13.8 Å². The van der Waals surface area contributed by atoms with Crippen LogP contribution in [0.4, 0.5) is 0 Å². The molecule has 0 saturated heterocycles. The van der Waals surface area contributed by atoms with Gasteiger partial charge in [-0.2, -0.15) is 0 Å². The highest BCUT2D eigenvalue weighted by Crippen LogP contribution is 2.55. The standard InChI is InChI=1S/C27H44N4O4S/c1-5-26(6-2,25(33)29-8-7-28)16-34-24-22(36-15-17(3)4)21(35-31-24)23(32)30-27-12-18-9-19(13-27)11-20(10-18)14-27/h17-20H,5-16,28H2,1-4H3,(H,29,33)(H,30,32). The van der Waals surface area contributed by atoms with Gasteiger partial charge < -0.3 is 25.6 Å². The molecule has 1 aromatic rings. The Kier molecular flexibility index (Phi) is 8.60. The number of nitrogens with one attached hydrogen (secondary N) is 2. The molecule has 0 spiro atoms. The molecule has 5 rings (SSSR count). The van der Waals surface area contributed by atoms with Gasteiger partial charge in [-0.1, -0.05) is 27.7 Å². The predicted molar refractivity (Wildman–Crippen MR) is 141 cm³/mol. The molecule has 36 heavy (non-hydrogen) atoms. The van der Waals surface area contributed by atoms with E-state index >= 15 is 0 Å². The number of thioether (sulfide) groups is 1. The Bertz CT molecular complexity index is 892. The van der Waals surface area contributed by atoms with Crippen LogP contribution in [-0.4, -0.2) is 48.0 Å². The van der Waals surface area contributed by atoms with Crippen molar-refractivity contribution >= 4 is 23.6 Å². The normalized spacial score (nSPS) is 26.9. The number of nitrogens with zero attached hydrogens (tertiary/aromatic N) is 1. The van der Waals surface area contributed by atoms with Gasteiger partial charge in [0.2, 0.25) is 11.7 Å². The lowest BCUT2D eigenvalue weighted by molar-refractivity contribution is -0.133. The Balaban J connectivity index is 1.51. The number of hydrogen-bond acceptors (Lipinski definition) is 7. The Morgan fingerprint density at radius 3 is 2.31 bits per heavy atom. The van der Waals surface area contributed by atoms with Gasteiger partial charge in [-0.15, -0.1) is 11.8 Å². The molecule has 4 fully saturated rings. The summed E-state index contributed by atoms with van der Waals surface area (Å²) < 4.78 is 11.8. The maximum atomic E-state index is 13.6. The van der Waals surface area contributed by atoms with E-state index in [2.05, 4.69) is 29.6 Å². The number of aromatic nitrogens is 1. The minimum atomic E-state index is -0.699. The molecule has 0 aliphatic heterocycles. The highest BCUT2D eigenvalue weighted by molar-refractivity contribution is 7.99. The summed E-state index contributed by atoms with van der Waals surface area (Å²) in [7, 11) is 0. The van der Waals surface area contributed by atoms with Gasteiger partial charge in [0, 0.05) is 24.4 Å². The van der Waals surface area contributed by atoms with Crippen LogP contribution in [0.15, 0.2) is 9.42 Å². The molecule has 2 amide bonds. The molecule has 4 aliphatic carbocycles. The Morgan fingerprint density at radius 2 is 1.78 bits per heavy atom. The van der Waals surface area contributed by atoms with Crippen molar-refractivity contribution in [3.63, 3.8) is 0 Å². The summed E-state index contributed by atoms with van der Waals surface area (Å²) in [5, 5.41) is 10.5. The largest absolute Gasteiger partial charge is 0.474 e. The third-order valence-corrected chi connectivity index (χ3v) is 10.0. The number of ether oxygens (including phenoxy) is 1. The summed E-state index contributed by atoms with van der Waals surface area (Å²) in [5.41, 5.74) is 4.77. The number of nitrogens with two attached hydrogens (primary N) is 1. The van der Waals surface area contributed by atoms with Gasteiger partial charge in [0.15, 0.2) is 0 Å². The number of carbonyl (C=O) groups is 2. The van der Waals surface area contributed by atoms with E-state index < -0.39 is 5.41 Å². The molecule has 4 aliphatic rings. The lowest BCUT2D eigenvalue weighted by atomic mass is 9.53. The van der Waals surface area contributed by atoms with E-state index in [0.29, 0.717) is 42.6 Å². The van der Waals surface area contributed by atoms with Crippen LogP contribution in [0.1, 0.15) is 89.6 Å². The Labute approximate surface area is 219 Å². The maximum Gasteiger partial charge on any atom is 0.291 e. The number of hydrogen-bond donors (Lipinski definition) is 3. The van der Waals surface area contributed by atoms with Crippen LogP contribution in [0, 0.1) is 29.1 Å². The van der Waals surface area contributed by atoms with Crippen molar-refractivity contribution in [3.05, 3.63) is 5.76 Å². The molecule has 202 valence electrons. The molecular weight excluding hydrogens is 476 g/mol. The average molecular weight is 521 g/mol. The molecule has 1 aromatic heterocycles. The summed E-state index contributed by atoms with van der Waals surface area (Å²) in [6.45, 7) is 9.21. The fourth-order valence-electron chi connectivity index (χ4n) is 6.86. The first kappa shape index (κ1) is 27.3. The van der Waals surface area contributed by atoms with Crippen molar-refractivity contribution in [2.75, 3.05) is 25.4 Å². The zero-order valence-corrected chi connectivity index (χ0v) is 23.2. The Hall–Kier alpha value is -1.74. The van der Waals surface area contributed by atoms with Gasteiger partial charge in [0.25, 0.3) is 11.8 Å². The first-order valence-corrected chi connectivity index (χ1v) is 14.8. The van der Waals surface area contributed by atoms with E-state index in [9.17, 15) is 9.59 Å². The van der Waals surface area contributed by atoms with Crippen LogP contribution in [0.3, 0.4) is 0 Å². The first-order valence-electron chi connectivity index (χ1n) is 13.8. The van der Waals surface area contributed by atoms with Crippen molar-refractivity contribution in [2.45, 2.75) is 89.5 Å². The third kappa shape index (κ3) is 5.72. The fourth-order valence-corrected chi connectivity index (χ4v) is 7.84. The fraction of sp³-hybridized carbons (Fsp3) is 0.815. The SMILES string of the molecule is CCC(CC)(COc1noc(C(=O)NC23CC4CC(CC(C4)C2)C3)c1SCC(C)C)C(=O)NCCN. The number of carbonyl (C=O) groups excluding carboxylic acids is 2. The third-order valence-electron chi connectivity index (χ3n) is 8.55. The van der Waals surface area contributed by atoms with E-state index in [1.54, 1.807) is 0 Å². The molecule has 0 radical (unpaired) electrons. The maximum absolute atomic E-state index is 13.6. The molecule has 0 unspecified atom stereocenters. The Morgan fingerprint density at radius 1 is 1.17 bits per heavy atom. The molecule has 0 aromatic carbocycles. The monoisotopic (exact) mass is 520 g/mol. The zero-order chi connectivity index (χ0) is 25.9. The average Bonchev–Trinajstić information content (AvgIpc) is 3.24. The van der Waals surface area contributed by atoms with Crippen LogP contribution >= 0.6 is 11.8 Å². The van der Waals surface area contributed by atoms with Crippen LogP contribution in [-0.2, 0) is 4.79 Å². The minimum Gasteiger partial charge on any atom is -0.474 e. The zero-order valence-electron chi connectivity index (χ0n) is 22.4. The van der Waals surface area contributed by atoms with E-state index in [4.69, 9.17) is 15.0 Å². The van der Waals surface area contributed by atoms with Crippen molar-refractivity contribution in [1.29, 1.82) is 0 Å². The van der Waals surface area contributed by atoms with Crippen molar-refractivity contribution in [2.24, 2.45) is 34.8 Å². The van der Waals surface area contributed by atoms with Gasteiger partial charge in [-0.05, 0) is 80.2 Å². The molecule has 4 N–H and O–H groups in total. The van der Waals surface area contributed by atoms with E-state index in [0.717, 1.165) is 42.8 Å². The van der Waals surface area contributed by atoms with Gasteiger partial charge in [0.1, 0.15) is 11.5 Å². The molecule has 0 atom stereocenters. The van der Waals surface area contributed by atoms with Gasteiger partial charge in [-0.3, -0.25) is 9.59 Å². The molecular formula is C27H44N4O4S. The molecule has 1 heterocycles. The van der Waals surface area contributed by atoms with E-state index in [-0.39, 0.29) is 29.7 Å². The van der Waals surface area contributed by atoms with Crippen LogP contribution in [0.25, 0.3) is 0 Å².